The van der Waals surface area contributed by atoms with Gasteiger partial charge in [-0.1, -0.05) is 48.5 Å². The molecule has 0 aliphatic rings. The molecule has 1 amide bonds. The average molecular weight is 268 g/mol. The Labute approximate surface area is 120 Å². The van der Waals surface area contributed by atoms with Gasteiger partial charge >= 0.3 is 0 Å². The summed E-state index contributed by atoms with van der Waals surface area (Å²) < 4.78 is 0. The Morgan fingerprint density at radius 2 is 1.60 bits per heavy atom. The van der Waals surface area contributed by atoms with E-state index in [1.165, 1.54) is 0 Å². The Kier molecular flexibility index (Phi) is 5.18. The van der Waals surface area contributed by atoms with E-state index in [0.717, 1.165) is 17.8 Å². The van der Waals surface area contributed by atoms with Crippen molar-refractivity contribution in [2.24, 2.45) is 0 Å². The number of carbonyl (C=O) groups is 1. The van der Waals surface area contributed by atoms with Crippen molar-refractivity contribution >= 4 is 11.6 Å². The number of hydrogen-bond acceptors (Lipinski definition) is 2. The van der Waals surface area contributed by atoms with E-state index in [9.17, 15) is 4.79 Å². The van der Waals surface area contributed by atoms with Crippen LogP contribution in [0.1, 0.15) is 12.5 Å². The van der Waals surface area contributed by atoms with Gasteiger partial charge in [0.1, 0.15) is 0 Å². The molecule has 3 heteroatoms. The lowest BCUT2D eigenvalue weighted by Gasteiger charge is -2.22. The molecule has 2 aromatic carbocycles. The Bertz CT molecular complexity index is 525. The van der Waals surface area contributed by atoms with E-state index < -0.39 is 0 Å². The van der Waals surface area contributed by atoms with Crippen molar-refractivity contribution in [2.75, 3.05) is 18.0 Å². The van der Waals surface area contributed by atoms with Gasteiger partial charge in [0.2, 0.25) is 5.91 Å². The van der Waals surface area contributed by atoms with Crippen LogP contribution in [0.25, 0.3) is 0 Å². The zero-order valence-corrected chi connectivity index (χ0v) is 11.8. The number of carbonyl (C=O) groups excluding carboxylic acids is 1. The van der Waals surface area contributed by atoms with Gasteiger partial charge < -0.3 is 10.2 Å². The fourth-order valence-electron chi connectivity index (χ4n) is 2.05. The lowest BCUT2D eigenvalue weighted by Crippen LogP contribution is -2.36. The summed E-state index contributed by atoms with van der Waals surface area (Å²) in [6.07, 6.45) is 0. The van der Waals surface area contributed by atoms with Crippen LogP contribution in [0.5, 0.6) is 0 Å². The molecule has 0 heterocycles. The van der Waals surface area contributed by atoms with Crippen LogP contribution in [0.15, 0.2) is 60.7 Å². The van der Waals surface area contributed by atoms with Crippen LogP contribution in [0, 0.1) is 0 Å². The summed E-state index contributed by atoms with van der Waals surface area (Å²) in [7, 11) is 0. The molecule has 0 unspecified atom stereocenters. The minimum absolute atomic E-state index is 0.0413. The lowest BCUT2D eigenvalue weighted by atomic mass is 10.2. The van der Waals surface area contributed by atoms with E-state index in [1.807, 2.05) is 60.7 Å². The smallest absolute Gasteiger partial charge is 0.239 e. The summed E-state index contributed by atoms with van der Waals surface area (Å²) in [4.78, 5) is 14.1. The number of anilines is 1. The highest BCUT2D eigenvalue weighted by Crippen LogP contribution is 2.12. The van der Waals surface area contributed by atoms with Crippen LogP contribution in [-0.4, -0.2) is 19.0 Å². The fourth-order valence-corrected chi connectivity index (χ4v) is 2.05. The van der Waals surface area contributed by atoms with Crippen LogP contribution in [0.2, 0.25) is 0 Å². The second-order valence-corrected chi connectivity index (χ2v) is 4.61. The number of nitrogens with zero attached hydrogens (tertiary/aromatic N) is 1. The predicted octanol–water partition coefficient (Wildman–Crippen LogP) is 2.83. The van der Waals surface area contributed by atoms with Gasteiger partial charge in [-0.2, -0.15) is 0 Å². The Balaban J connectivity index is 1.87. The molecule has 0 aliphatic heterocycles. The minimum Gasteiger partial charge on any atom is -0.363 e. The molecule has 0 fully saturated rings. The molecule has 3 nitrogen and oxygen atoms in total. The van der Waals surface area contributed by atoms with Crippen molar-refractivity contribution < 1.29 is 4.79 Å². The van der Waals surface area contributed by atoms with Crippen LogP contribution in [0.4, 0.5) is 5.69 Å². The molecule has 0 atom stereocenters. The molecule has 2 aromatic rings. The SMILES string of the molecule is CCN(CC(=O)NCc1ccccc1)c1ccccc1. The molecule has 2 rings (SSSR count). The number of nitrogens with one attached hydrogen (secondary N) is 1. The molecule has 0 spiro atoms. The normalized spacial score (nSPS) is 10.1. The van der Waals surface area contributed by atoms with Crippen LogP contribution < -0.4 is 10.2 Å². The molecule has 1 N–H and O–H groups in total. The first kappa shape index (κ1) is 14.1. The topological polar surface area (TPSA) is 32.3 Å². The maximum Gasteiger partial charge on any atom is 0.239 e. The quantitative estimate of drug-likeness (QED) is 0.873. The number of hydrogen-bond donors (Lipinski definition) is 1. The highest BCUT2D eigenvalue weighted by atomic mass is 16.2. The zero-order valence-electron chi connectivity index (χ0n) is 11.8. The fraction of sp³-hybridized carbons (Fsp3) is 0.235. The number of likely N-dealkylation sites (N-methyl/N-ethyl adjacent to an activating group) is 1. The molecular formula is C17H20N2O. The molecule has 0 saturated heterocycles. The highest BCUT2D eigenvalue weighted by molar-refractivity contribution is 5.81. The Morgan fingerprint density at radius 1 is 1.00 bits per heavy atom. The molecule has 20 heavy (non-hydrogen) atoms. The van der Waals surface area contributed by atoms with Crippen LogP contribution in [0.3, 0.4) is 0 Å². The largest absolute Gasteiger partial charge is 0.363 e. The van der Waals surface area contributed by atoms with Gasteiger partial charge in [0.25, 0.3) is 0 Å². The van der Waals surface area contributed by atoms with Crippen molar-refractivity contribution in [3.63, 3.8) is 0 Å². The van der Waals surface area contributed by atoms with Crippen molar-refractivity contribution in [1.82, 2.24) is 5.32 Å². The molecule has 104 valence electrons. The van der Waals surface area contributed by atoms with E-state index >= 15 is 0 Å². The summed E-state index contributed by atoms with van der Waals surface area (Å²) in [6, 6.07) is 19.9. The monoisotopic (exact) mass is 268 g/mol. The van der Waals surface area contributed by atoms with Gasteiger partial charge in [-0.05, 0) is 24.6 Å². The summed E-state index contributed by atoms with van der Waals surface area (Å²) in [5.74, 6) is 0.0413. The molecule has 0 bridgehead atoms. The second-order valence-electron chi connectivity index (χ2n) is 4.61. The van der Waals surface area contributed by atoms with E-state index in [0.29, 0.717) is 13.1 Å². The molecule has 0 aliphatic carbocycles. The Hall–Kier alpha value is -2.29. The molecule has 0 saturated carbocycles. The van der Waals surface area contributed by atoms with E-state index in [4.69, 9.17) is 0 Å². The van der Waals surface area contributed by atoms with Crippen molar-refractivity contribution in [3.05, 3.63) is 66.2 Å². The summed E-state index contributed by atoms with van der Waals surface area (Å²) in [5.41, 5.74) is 2.19. The van der Waals surface area contributed by atoms with Gasteiger partial charge in [0.15, 0.2) is 0 Å². The first-order chi connectivity index (χ1) is 9.79. The van der Waals surface area contributed by atoms with E-state index in [2.05, 4.69) is 17.1 Å². The second kappa shape index (κ2) is 7.34. The van der Waals surface area contributed by atoms with E-state index in [1.54, 1.807) is 0 Å². The lowest BCUT2D eigenvalue weighted by molar-refractivity contribution is -0.119. The maximum absolute atomic E-state index is 12.0. The molecular weight excluding hydrogens is 248 g/mol. The number of rotatable bonds is 6. The third-order valence-electron chi connectivity index (χ3n) is 3.17. The number of benzene rings is 2. The number of amides is 1. The average Bonchev–Trinajstić information content (AvgIpc) is 2.52. The maximum atomic E-state index is 12.0. The van der Waals surface area contributed by atoms with Crippen LogP contribution >= 0.6 is 0 Å². The molecule has 0 aromatic heterocycles. The van der Waals surface area contributed by atoms with Gasteiger partial charge in [0.05, 0.1) is 6.54 Å². The first-order valence-electron chi connectivity index (χ1n) is 6.90. The van der Waals surface area contributed by atoms with Gasteiger partial charge in [-0.15, -0.1) is 0 Å². The third kappa shape index (κ3) is 4.12. The zero-order chi connectivity index (χ0) is 14.2. The standard InChI is InChI=1S/C17H20N2O/c1-2-19(16-11-7-4-8-12-16)14-17(20)18-13-15-9-5-3-6-10-15/h3-12H,2,13-14H2,1H3,(H,18,20). The molecule has 0 radical (unpaired) electrons. The predicted molar refractivity (Wildman–Crippen MR) is 82.6 cm³/mol. The third-order valence-corrected chi connectivity index (χ3v) is 3.17. The minimum atomic E-state index is 0.0413. The van der Waals surface area contributed by atoms with Crippen molar-refractivity contribution in [3.8, 4) is 0 Å². The summed E-state index contributed by atoms with van der Waals surface area (Å²) in [6.45, 7) is 3.82. The van der Waals surface area contributed by atoms with E-state index in [-0.39, 0.29) is 5.91 Å². The van der Waals surface area contributed by atoms with Crippen LogP contribution in [-0.2, 0) is 11.3 Å². The van der Waals surface area contributed by atoms with Gasteiger partial charge in [-0.3, -0.25) is 4.79 Å². The van der Waals surface area contributed by atoms with Crippen molar-refractivity contribution in [1.29, 1.82) is 0 Å². The van der Waals surface area contributed by atoms with Gasteiger partial charge in [-0.25, -0.2) is 0 Å². The first-order valence-corrected chi connectivity index (χ1v) is 6.90. The Morgan fingerprint density at radius 3 is 2.20 bits per heavy atom. The number of para-hydroxylation sites is 1. The highest BCUT2D eigenvalue weighted by Gasteiger charge is 2.09. The van der Waals surface area contributed by atoms with Gasteiger partial charge in [0, 0.05) is 18.8 Å². The summed E-state index contributed by atoms with van der Waals surface area (Å²) in [5, 5.41) is 2.95. The summed E-state index contributed by atoms with van der Waals surface area (Å²) >= 11 is 0. The van der Waals surface area contributed by atoms with Crippen molar-refractivity contribution in [2.45, 2.75) is 13.5 Å².